The van der Waals surface area contributed by atoms with Gasteiger partial charge in [-0.3, -0.25) is 4.31 Å². The summed E-state index contributed by atoms with van der Waals surface area (Å²) in [6.45, 7) is 0. The average molecular weight is 411 g/mol. The van der Waals surface area contributed by atoms with Crippen LogP contribution < -0.4 is 9.04 Å². The molecule has 3 aromatic rings. The van der Waals surface area contributed by atoms with Crippen molar-refractivity contribution in [2.75, 3.05) is 11.4 Å². The molecule has 0 spiro atoms. The van der Waals surface area contributed by atoms with Gasteiger partial charge in [0, 0.05) is 13.1 Å². The molecule has 3 aromatic carbocycles. The van der Waals surface area contributed by atoms with Crippen molar-refractivity contribution in [1.29, 1.82) is 0 Å². The molecular weight excluding hydrogens is 393 g/mol. The molecule has 0 aromatic heterocycles. The molecule has 29 heavy (non-hydrogen) atoms. The Morgan fingerprint density at radius 2 is 1.66 bits per heavy atom. The van der Waals surface area contributed by atoms with E-state index in [2.05, 4.69) is 0 Å². The number of esters is 1. The zero-order valence-corrected chi connectivity index (χ0v) is 16.3. The lowest BCUT2D eigenvalue weighted by atomic mass is 10.2. The highest BCUT2D eigenvalue weighted by Gasteiger charge is 2.20. The van der Waals surface area contributed by atoms with Crippen LogP contribution in [0, 0.1) is 5.82 Å². The molecule has 7 heteroatoms. The number of nitrogens with zero attached hydrogens (tertiary/aromatic N) is 1. The Bertz CT molecular complexity index is 1130. The molecule has 0 amide bonds. The van der Waals surface area contributed by atoms with Gasteiger partial charge in [0.05, 0.1) is 10.6 Å². The summed E-state index contributed by atoms with van der Waals surface area (Å²) in [4.78, 5) is 12.1. The molecule has 0 N–H and O–H groups in total. The SMILES string of the molecule is CN(c1ccc(OC(=O)/C=C/c2cccc(F)c2)cc1)S(=O)(=O)c1ccccc1. The van der Waals surface area contributed by atoms with Crippen molar-refractivity contribution in [3.63, 3.8) is 0 Å². The third-order valence-electron chi connectivity index (χ3n) is 4.08. The fraction of sp³-hybridized carbons (Fsp3) is 0.0455. The van der Waals surface area contributed by atoms with Gasteiger partial charge in [-0.15, -0.1) is 0 Å². The van der Waals surface area contributed by atoms with Crippen LogP contribution in [0.1, 0.15) is 5.56 Å². The van der Waals surface area contributed by atoms with E-state index in [1.807, 2.05) is 0 Å². The maximum absolute atomic E-state index is 13.1. The summed E-state index contributed by atoms with van der Waals surface area (Å²) in [6, 6.07) is 20.0. The van der Waals surface area contributed by atoms with E-state index in [1.54, 1.807) is 42.5 Å². The van der Waals surface area contributed by atoms with Crippen LogP contribution >= 0.6 is 0 Å². The number of ether oxygens (including phenoxy) is 1. The van der Waals surface area contributed by atoms with Crippen molar-refractivity contribution in [3.8, 4) is 5.75 Å². The van der Waals surface area contributed by atoms with E-state index in [0.717, 1.165) is 4.31 Å². The number of anilines is 1. The maximum Gasteiger partial charge on any atom is 0.336 e. The zero-order chi connectivity index (χ0) is 20.9. The molecule has 0 saturated carbocycles. The van der Waals surface area contributed by atoms with Gasteiger partial charge in [-0.25, -0.2) is 17.6 Å². The Hall–Kier alpha value is -3.45. The van der Waals surface area contributed by atoms with E-state index in [1.165, 1.54) is 55.6 Å². The molecule has 0 saturated heterocycles. The van der Waals surface area contributed by atoms with Gasteiger partial charge < -0.3 is 4.74 Å². The van der Waals surface area contributed by atoms with Gasteiger partial charge in [-0.05, 0) is 60.2 Å². The molecule has 0 aliphatic rings. The third kappa shape index (κ3) is 5.08. The molecule has 0 unspecified atom stereocenters. The van der Waals surface area contributed by atoms with Gasteiger partial charge in [0.15, 0.2) is 0 Å². The van der Waals surface area contributed by atoms with E-state index in [9.17, 15) is 17.6 Å². The highest BCUT2D eigenvalue weighted by Crippen LogP contribution is 2.24. The number of halogens is 1. The van der Waals surface area contributed by atoms with Crippen molar-refractivity contribution in [1.82, 2.24) is 0 Å². The van der Waals surface area contributed by atoms with Crippen LogP contribution in [0.3, 0.4) is 0 Å². The van der Waals surface area contributed by atoms with Gasteiger partial charge in [-0.1, -0.05) is 30.3 Å². The Morgan fingerprint density at radius 3 is 2.31 bits per heavy atom. The van der Waals surface area contributed by atoms with Crippen LogP contribution in [0.2, 0.25) is 0 Å². The molecule has 0 atom stereocenters. The van der Waals surface area contributed by atoms with Crippen LogP contribution in [0.5, 0.6) is 5.75 Å². The number of hydrogen-bond acceptors (Lipinski definition) is 4. The smallest absolute Gasteiger partial charge is 0.336 e. The first-order chi connectivity index (χ1) is 13.9. The number of rotatable bonds is 6. The average Bonchev–Trinajstić information content (AvgIpc) is 2.73. The van der Waals surface area contributed by atoms with Gasteiger partial charge in [0.25, 0.3) is 10.0 Å². The summed E-state index contributed by atoms with van der Waals surface area (Å²) >= 11 is 0. The topological polar surface area (TPSA) is 63.7 Å². The first-order valence-corrected chi connectivity index (χ1v) is 10.1. The molecule has 0 radical (unpaired) electrons. The predicted octanol–water partition coefficient (Wildman–Crippen LogP) is 4.27. The van der Waals surface area contributed by atoms with E-state index in [4.69, 9.17) is 4.74 Å². The van der Waals surface area contributed by atoms with Crippen LogP contribution in [-0.2, 0) is 14.8 Å². The number of benzene rings is 3. The van der Waals surface area contributed by atoms with Crippen molar-refractivity contribution < 1.29 is 22.3 Å². The second kappa shape index (κ2) is 8.70. The summed E-state index contributed by atoms with van der Waals surface area (Å²) in [6.07, 6.45) is 2.63. The minimum atomic E-state index is -3.69. The van der Waals surface area contributed by atoms with Gasteiger partial charge >= 0.3 is 5.97 Å². The zero-order valence-electron chi connectivity index (χ0n) is 15.5. The van der Waals surface area contributed by atoms with E-state index in [-0.39, 0.29) is 10.6 Å². The lowest BCUT2D eigenvalue weighted by molar-refractivity contribution is -0.128. The number of hydrogen-bond donors (Lipinski definition) is 0. The van der Waals surface area contributed by atoms with Crippen LogP contribution in [-0.4, -0.2) is 21.4 Å². The Balaban J connectivity index is 1.67. The highest BCUT2D eigenvalue weighted by molar-refractivity contribution is 7.92. The molecule has 0 aliphatic heterocycles. The molecular formula is C22H18FNO4S. The molecule has 0 heterocycles. The molecule has 3 rings (SSSR count). The summed E-state index contributed by atoms with van der Waals surface area (Å²) in [5.41, 5.74) is 0.953. The summed E-state index contributed by atoms with van der Waals surface area (Å²) in [5.74, 6) is -0.772. The molecule has 148 valence electrons. The third-order valence-corrected chi connectivity index (χ3v) is 5.88. The minimum absolute atomic E-state index is 0.181. The fourth-order valence-corrected chi connectivity index (χ4v) is 3.75. The molecule has 0 fully saturated rings. The largest absolute Gasteiger partial charge is 0.423 e. The maximum atomic E-state index is 13.1. The van der Waals surface area contributed by atoms with Crippen LogP contribution in [0.25, 0.3) is 6.08 Å². The minimum Gasteiger partial charge on any atom is -0.423 e. The summed E-state index contributed by atoms with van der Waals surface area (Å²) in [5, 5.41) is 0. The van der Waals surface area contributed by atoms with Crippen molar-refractivity contribution in [2.45, 2.75) is 4.90 Å². The Labute approximate surface area is 168 Å². The van der Waals surface area contributed by atoms with Crippen molar-refractivity contribution in [2.24, 2.45) is 0 Å². The van der Waals surface area contributed by atoms with Crippen molar-refractivity contribution in [3.05, 3.63) is 96.3 Å². The summed E-state index contributed by atoms with van der Waals surface area (Å²) < 4.78 is 44.8. The monoisotopic (exact) mass is 411 g/mol. The quantitative estimate of drug-likeness (QED) is 0.345. The molecule has 0 aliphatic carbocycles. The fourth-order valence-electron chi connectivity index (χ4n) is 2.54. The van der Waals surface area contributed by atoms with Crippen LogP contribution in [0.15, 0.2) is 89.8 Å². The van der Waals surface area contributed by atoms with E-state index >= 15 is 0 Å². The van der Waals surface area contributed by atoms with E-state index < -0.39 is 21.8 Å². The number of carbonyl (C=O) groups excluding carboxylic acids is 1. The number of sulfonamides is 1. The van der Waals surface area contributed by atoms with Gasteiger partial charge in [0.1, 0.15) is 11.6 Å². The second-order valence-electron chi connectivity index (χ2n) is 6.09. The van der Waals surface area contributed by atoms with Crippen molar-refractivity contribution >= 4 is 27.8 Å². The predicted molar refractivity (Wildman–Crippen MR) is 110 cm³/mol. The molecule has 0 bridgehead atoms. The Morgan fingerprint density at radius 1 is 0.966 bits per heavy atom. The normalized spacial score (nSPS) is 11.4. The molecule has 5 nitrogen and oxygen atoms in total. The van der Waals surface area contributed by atoms with Crippen LogP contribution in [0.4, 0.5) is 10.1 Å². The van der Waals surface area contributed by atoms with Gasteiger partial charge in [0.2, 0.25) is 0 Å². The highest BCUT2D eigenvalue weighted by atomic mass is 32.2. The lowest BCUT2D eigenvalue weighted by Gasteiger charge is -2.19. The standard InChI is InChI=1S/C22H18FNO4S/c1-24(29(26,27)21-8-3-2-4-9-21)19-11-13-20(14-12-19)28-22(25)15-10-17-6-5-7-18(23)16-17/h2-16H,1H3/b15-10+. The first-order valence-electron chi connectivity index (χ1n) is 8.66. The second-order valence-corrected chi connectivity index (χ2v) is 8.06. The van der Waals surface area contributed by atoms with Gasteiger partial charge in [-0.2, -0.15) is 0 Å². The van der Waals surface area contributed by atoms with E-state index in [0.29, 0.717) is 11.3 Å². The summed E-state index contributed by atoms with van der Waals surface area (Å²) in [7, 11) is -2.24. The Kier molecular flexibility index (Phi) is 6.09. The lowest BCUT2D eigenvalue weighted by Crippen LogP contribution is -2.26. The first kappa shape index (κ1) is 20.3. The number of carbonyl (C=O) groups is 1.